The number of nitrogens with one attached hydrogen (secondary N) is 1. The fourth-order valence-corrected chi connectivity index (χ4v) is 2.53. The van der Waals surface area contributed by atoms with Crippen LogP contribution in [0.5, 0.6) is 0 Å². The highest BCUT2D eigenvalue weighted by atomic mass is 16.4. The van der Waals surface area contributed by atoms with Gasteiger partial charge in [0.2, 0.25) is 5.91 Å². The molecular formula is C20H37NO3. The van der Waals surface area contributed by atoms with Crippen LogP contribution in [0.3, 0.4) is 0 Å². The normalized spacial score (nSPS) is 11.0. The topological polar surface area (TPSA) is 66.4 Å². The molecule has 2 N–H and O–H groups in total. The maximum Gasteiger partial charge on any atom is 0.303 e. The summed E-state index contributed by atoms with van der Waals surface area (Å²) in [6.45, 7) is 2.93. The second kappa shape index (κ2) is 18.0. The first-order valence-corrected chi connectivity index (χ1v) is 9.80. The van der Waals surface area contributed by atoms with E-state index in [1.807, 2.05) is 0 Å². The van der Waals surface area contributed by atoms with Gasteiger partial charge in [-0.1, -0.05) is 57.6 Å². The molecule has 0 aliphatic rings. The molecule has 0 aliphatic carbocycles. The zero-order chi connectivity index (χ0) is 17.9. The fourth-order valence-electron chi connectivity index (χ4n) is 2.53. The van der Waals surface area contributed by atoms with Gasteiger partial charge in [0.25, 0.3) is 0 Å². The van der Waals surface area contributed by atoms with Crippen LogP contribution in [-0.4, -0.2) is 23.5 Å². The molecule has 0 aromatic carbocycles. The van der Waals surface area contributed by atoms with Crippen LogP contribution in [0.4, 0.5) is 0 Å². The van der Waals surface area contributed by atoms with Crippen LogP contribution in [0.25, 0.3) is 0 Å². The molecule has 0 heterocycles. The molecule has 0 saturated carbocycles. The highest BCUT2D eigenvalue weighted by Crippen LogP contribution is 2.10. The lowest BCUT2D eigenvalue weighted by atomic mass is 10.1. The molecule has 0 radical (unpaired) electrons. The van der Waals surface area contributed by atoms with Gasteiger partial charge in [0, 0.05) is 19.4 Å². The predicted molar refractivity (Wildman–Crippen MR) is 100 cm³/mol. The Hall–Kier alpha value is -1.32. The third-order valence-corrected chi connectivity index (χ3v) is 4.06. The van der Waals surface area contributed by atoms with E-state index >= 15 is 0 Å². The summed E-state index contributed by atoms with van der Waals surface area (Å²) in [6, 6.07) is 0. The molecule has 0 spiro atoms. The Morgan fingerprint density at radius 1 is 0.792 bits per heavy atom. The molecule has 4 heteroatoms. The molecule has 0 unspecified atom stereocenters. The van der Waals surface area contributed by atoms with Gasteiger partial charge in [-0.3, -0.25) is 9.59 Å². The van der Waals surface area contributed by atoms with Crippen molar-refractivity contribution in [2.45, 2.75) is 96.8 Å². The summed E-state index contributed by atoms with van der Waals surface area (Å²) < 4.78 is 0. The molecule has 0 aromatic rings. The minimum Gasteiger partial charge on any atom is -0.481 e. The molecule has 0 aromatic heterocycles. The zero-order valence-electron chi connectivity index (χ0n) is 15.5. The smallest absolute Gasteiger partial charge is 0.303 e. The van der Waals surface area contributed by atoms with Gasteiger partial charge in [0.1, 0.15) is 0 Å². The summed E-state index contributed by atoms with van der Waals surface area (Å²) in [6.07, 6.45) is 18.6. The van der Waals surface area contributed by atoms with Crippen LogP contribution in [-0.2, 0) is 9.59 Å². The number of hydrogen-bond donors (Lipinski definition) is 2. The van der Waals surface area contributed by atoms with Gasteiger partial charge in [0.15, 0.2) is 0 Å². The third-order valence-electron chi connectivity index (χ3n) is 4.06. The summed E-state index contributed by atoms with van der Waals surface area (Å²) in [5, 5.41) is 11.5. The van der Waals surface area contributed by atoms with Crippen molar-refractivity contribution in [3.8, 4) is 0 Å². The number of carboxylic acid groups (broad SMARTS) is 1. The predicted octanol–water partition coefficient (Wildman–Crippen LogP) is 5.22. The standard InChI is InChI=1S/C20H37NO3/c1-2-3-18-21-19(22)16-14-12-10-8-6-4-5-7-9-11-13-15-17-20(23)24/h8,10H,2-7,9,11-18H2,1H3,(H,21,22)(H,23,24)/b10-8-. The lowest BCUT2D eigenvalue weighted by Crippen LogP contribution is -2.23. The molecule has 0 atom stereocenters. The van der Waals surface area contributed by atoms with Gasteiger partial charge >= 0.3 is 5.97 Å². The lowest BCUT2D eigenvalue weighted by Gasteiger charge is -2.02. The number of rotatable bonds is 17. The molecule has 0 rings (SSSR count). The number of carboxylic acids is 1. The van der Waals surface area contributed by atoms with Crippen molar-refractivity contribution in [3.63, 3.8) is 0 Å². The molecule has 0 bridgehead atoms. The van der Waals surface area contributed by atoms with Crippen molar-refractivity contribution in [1.29, 1.82) is 0 Å². The average molecular weight is 340 g/mol. The number of allylic oxidation sites excluding steroid dienone is 2. The van der Waals surface area contributed by atoms with Gasteiger partial charge in [-0.05, 0) is 38.5 Å². The van der Waals surface area contributed by atoms with Crippen molar-refractivity contribution in [2.24, 2.45) is 0 Å². The summed E-state index contributed by atoms with van der Waals surface area (Å²) in [7, 11) is 0. The van der Waals surface area contributed by atoms with Crippen molar-refractivity contribution in [3.05, 3.63) is 12.2 Å². The van der Waals surface area contributed by atoms with E-state index in [0.29, 0.717) is 12.8 Å². The monoisotopic (exact) mass is 339 g/mol. The number of unbranched alkanes of at least 4 members (excludes halogenated alkanes) is 9. The minimum absolute atomic E-state index is 0.181. The number of hydrogen-bond acceptors (Lipinski definition) is 2. The summed E-state index contributed by atoms with van der Waals surface area (Å²) >= 11 is 0. The van der Waals surface area contributed by atoms with Crippen molar-refractivity contribution in [2.75, 3.05) is 6.54 Å². The van der Waals surface area contributed by atoms with Gasteiger partial charge < -0.3 is 10.4 Å². The highest BCUT2D eigenvalue weighted by molar-refractivity contribution is 5.75. The quantitative estimate of drug-likeness (QED) is 0.282. The Morgan fingerprint density at radius 3 is 2.00 bits per heavy atom. The molecule has 0 aliphatic heterocycles. The van der Waals surface area contributed by atoms with Crippen LogP contribution in [0.15, 0.2) is 12.2 Å². The first-order chi connectivity index (χ1) is 11.7. The molecule has 24 heavy (non-hydrogen) atoms. The Kier molecular flexibility index (Phi) is 17.0. The SMILES string of the molecule is CCCCNC(=O)CCC/C=C\CCCCCCCCCC(=O)O. The maximum absolute atomic E-state index is 11.5. The highest BCUT2D eigenvalue weighted by Gasteiger charge is 1.98. The second-order valence-corrected chi connectivity index (χ2v) is 6.47. The maximum atomic E-state index is 11.5. The second-order valence-electron chi connectivity index (χ2n) is 6.47. The first kappa shape index (κ1) is 22.7. The van der Waals surface area contributed by atoms with Crippen molar-refractivity contribution in [1.82, 2.24) is 5.32 Å². The van der Waals surface area contributed by atoms with E-state index in [2.05, 4.69) is 24.4 Å². The van der Waals surface area contributed by atoms with E-state index in [0.717, 1.165) is 57.9 Å². The number of amides is 1. The molecule has 0 fully saturated rings. The van der Waals surface area contributed by atoms with Crippen LogP contribution in [0.2, 0.25) is 0 Å². The Morgan fingerprint density at radius 2 is 1.38 bits per heavy atom. The zero-order valence-corrected chi connectivity index (χ0v) is 15.5. The van der Waals surface area contributed by atoms with E-state index in [9.17, 15) is 9.59 Å². The summed E-state index contributed by atoms with van der Waals surface area (Å²) in [4.78, 5) is 21.8. The van der Waals surface area contributed by atoms with Crippen LogP contribution < -0.4 is 5.32 Å². The Balaban J connectivity index is 3.21. The Bertz CT molecular complexity index is 340. The van der Waals surface area contributed by atoms with Gasteiger partial charge in [0.05, 0.1) is 0 Å². The molecule has 0 saturated heterocycles. The Labute approximate surface area is 148 Å². The average Bonchev–Trinajstić information content (AvgIpc) is 2.55. The molecule has 1 amide bonds. The fraction of sp³-hybridized carbons (Fsp3) is 0.800. The number of carbonyl (C=O) groups excluding carboxylic acids is 1. The van der Waals surface area contributed by atoms with Gasteiger partial charge in [-0.15, -0.1) is 0 Å². The van der Waals surface area contributed by atoms with E-state index in [1.54, 1.807) is 0 Å². The van der Waals surface area contributed by atoms with Crippen molar-refractivity contribution >= 4 is 11.9 Å². The largest absolute Gasteiger partial charge is 0.481 e. The molecule has 140 valence electrons. The summed E-state index contributed by atoms with van der Waals surface area (Å²) in [5.74, 6) is -0.501. The number of aliphatic carboxylic acids is 1. The van der Waals surface area contributed by atoms with E-state index in [4.69, 9.17) is 5.11 Å². The first-order valence-electron chi connectivity index (χ1n) is 9.80. The van der Waals surface area contributed by atoms with E-state index < -0.39 is 5.97 Å². The molecular weight excluding hydrogens is 302 g/mol. The lowest BCUT2D eigenvalue weighted by molar-refractivity contribution is -0.137. The summed E-state index contributed by atoms with van der Waals surface area (Å²) in [5.41, 5.74) is 0. The third kappa shape index (κ3) is 18.7. The van der Waals surface area contributed by atoms with E-state index in [1.165, 1.54) is 25.7 Å². The van der Waals surface area contributed by atoms with Gasteiger partial charge in [-0.25, -0.2) is 0 Å². The van der Waals surface area contributed by atoms with Crippen molar-refractivity contribution < 1.29 is 14.7 Å². The van der Waals surface area contributed by atoms with Crippen LogP contribution in [0, 0.1) is 0 Å². The van der Waals surface area contributed by atoms with Crippen LogP contribution >= 0.6 is 0 Å². The number of carbonyl (C=O) groups is 2. The minimum atomic E-state index is -0.682. The molecule has 4 nitrogen and oxygen atoms in total. The van der Waals surface area contributed by atoms with Crippen LogP contribution in [0.1, 0.15) is 96.8 Å². The van der Waals surface area contributed by atoms with E-state index in [-0.39, 0.29) is 5.91 Å². The van der Waals surface area contributed by atoms with Gasteiger partial charge in [-0.2, -0.15) is 0 Å².